The molecule has 1 unspecified atom stereocenters. The van der Waals surface area contributed by atoms with Crippen LogP contribution in [0.2, 0.25) is 0 Å². The first kappa shape index (κ1) is 16.1. The van der Waals surface area contributed by atoms with Crippen LogP contribution in [0, 0.1) is 0 Å². The third kappa shape index (κ3) is 4.61. The number of amides is 1. The molecular weight excluding hydrogens is 336 g/mol. The van der Waals surface area contributed by atoms with Gasteiger partial charge >= 0.3 is 0 Å². The van der Waals surface area contributed by atoms with E-state index in [9.17, 15) is 4.79 Å². The van der Waals surface area contributed by atoms with E-state index in [1.54, 1.807) is 6.92 Å². The fourth-order valence-corrected chi connectivity index (χ4v) is 2.47. The number of nitrogens with two attached hydrogens (primary N) is 1. The predicted molar refractivity (Wildman–Crippen MR) is 84.5 cm³/mol. The minimum absolute atomic E-state index is 0.510. The molecule has 1 saturated carbocycles. The summed E-state index contributed by atoms with van der Waals surface area (Å²) >= 11 is 3.48. The van der Waals surface area contributed by atoms with Crippen molar-refractivity contribution in [2.75, 3.05) is 6.61 Å². The first-order valence-electron chi connectivity index (χ1n) is 7.15. The number of primary amides is 1. The smallest absolute Gasteiger partial charge is 0.258 e. The first-order valence-corrected chi connectivity index (χ1v) is 7.95. The Morgan fingerprint density at radius 3 is 2.81 bits per heavy atom. The number of rotatable bonds is 8. The Kier molecular flexibility index (Phi) is 5.47. The molecule has 0 radical (unpaired) electrons. The molecule has 0 aromatic heterocycles. The van der Waals surface area contributed by atoms with Gasteiger partial charge in [-0.05, 0) is 60.3 Å². The molecule has 1 aromatic carbocycles. The van der Waals surface area contributed by atoms with E-state index in [4.69, 9.17) is 15.2 Å². The zero-order valence-corrected chi connectivity index (χ0v) is 13.9. The second-order valence-corrected chi connectivity index (χ2v) is 6.01. The van der Waals surface area contributed by atoms with Gasteiger partial charge in [0.05, 0.1) is 11.1 Å². The zero-order valence-electron chi connectivity index (χ0n) is 12.3. The standard InChI is InChI=1S/C15H21BrN2O3/c1-3-20-13-7-10(8-18-11-4-5-11)6-12(16)14(13)21-9(2)15(17)19/h6-7,9,11,18H,3-5,8H2,1-2H3,(H2,17,19). The highest BCUT2D eigenvalue weighted by atomic mass is 79.9. The topological polar surface area (TPSA) is 73.6 Å². The Labute approximate surface area is 133 Å². The molecule has 0 aliphatic heterocycles. The van der Waals surface area contributed by atoms with Crippen molar-refractivity contribution in [3.8, 4) is 11.5 Å². The van der Waals surface area contributed by atoms with Crippen LogP contribution in [-0.4, -0.2) is 24.7 Å². The van der Waals surface area contributed by atoms with E-state index in [-0.39, 0.29) is 0 Å². The maximum atomic E-state index is 11.2. The summed E-state index contributed by atoms with van der Waals surface area (Å²) in [5.74, 6) is 0.620. The highest BCUT2D eigenvalue weighted by molar-refractivity contribution is 9.10. The van der Waals surface area contributed by atoms with Gasteiger partial charge in [0.15, 0.2) is 17.6 Å². The molecule has 1 aliphatic carbocycles. The number of benzene rings is 1. The zero-order chi connectivity index (χ0) is 15.4. The van der Waals surface area contributed by atoms with E-state index in [1.807, 2.05) is 19.1 Å². The Morgan fingerprint density at radius 1 is 1.52 bits per heavy atom. The fourth-order valence-electron chi connectivity index (χ4n) is 1.89. The predicted octanol–water partition coefficient (Wildman–Crippen LogP) is 2.35. The number of nitrogens with one attached hydrogen (secondary N) is 1. The lowest BCUT2D eigenvalue weighted by Crippen LogP contribution is -2.31. The molecule has 0 spiro atoms. The molecule has 6 heteroatoms. The Morgan fingerprint density at radius 2 is 2.24 bits per heavy atom. The Bertz CT molecular complexity index is 518. The van der Waals surface area contributed by atoms with Gasteiger partial charge in [-0.2, -0.15) is 0 Å². The summed E-state index contributed by atoms with van der Waals surface area (Å²) in [5, 5.41) is 3.46. The van der Waals surface area contributed by atoms with Crippen molar-refractivity contribution in [2.24, 2.45) is 5.73 Å². The normalized spacial score (nSPS) is 15.6. The SMILES string of the molecule is CCOc1cc(CNC2CC2)cc(Br)c1OC(C)C(N)=O. The third-order valence-electron chi connectivity index (χ3n) is 3.24. The lowest BCUT2D eigenvalue weighted by molar-refractivity contribution is -0.124. The van der Waals surface area contributed by atoms with Crippen molar-refractivity contribution in [2.45, 2.75) is 45.4 Å². The van der Waals surface area contributed by atoms with Crippen molar-refractivity contribution in [3.05, 3.63) is 22.2 Å². The summed E-state index contributed by atoms with van der Waals surface area (Å²) in [6, 6.07) is 4.55. The van der Waals surface area contributed by atoms with Gasteiger partial charge in [0.2, 0.25) is 0 Å². The summed E-state index contributed by atoms with van der Waals surface area (Å²) < 4.78 is 12.0. The van der Waals surface area contributed by atoms with Gasteiger partial charge in [0.1, 0.15) is 0 Å². The average Bonchev–Trinajstić information content (AvgIpc) is 3.24. The Hall–Kier alpha value is -1.27. The van der Waals surface area contributed by atoms with Gasteiger partial charge in [-0.1, -0.05) is 0 Å². The van der Waals surface area contributed by atoms with Crippen LogP contribution < -0.4 is 20.5 Å². The van der Waals surface area contributed by atoms with Crippen molar-refractivity contribution >= 4 is 21.8 Å². The van der Waals surface area contributed by atoms with Crippen molar-refractivity contribution in [1.82, 2.24) is 5.32 Å². The van der Waals surface area contributed by atoms with Crippen molar-refractivity contribution < 1.29 is 14.3 Å². The van der Waals surface area contributed by atoms with E-state index in [2.05, 4.69) is 21.2 Å². The van der Waals surface area contributed by atoms with Crippen LogP contribution in [0.4, 0.5) is 0 Å². The summed E-state index contributed by atoms with van der Waals surface area (Å²) in [7, 11) is 0. The van der Waals surface area contributed by atoms with Crippen LogP contribution in [0.15, 0.2) is 16.6 Å². The number of carbonyl (C=O) groups is 1. The average molecular weight is 357 g/mol. The van der Waals surface area contributed by atoms with E-state index in [0.29, 0.717) is 24.1 Å². The molecule has 1 atom stereocenters. The number of ether oxygens (including phenoxy) is 2. The van der Waals surface area contributed by atoms with Crippen LogP contribution >= 0.6 is 15.9 Å². The summed E-state index contributed by atoms with van der Waals surface area (Å²) in [6.45, 7) is 4.83. The summed E-state index contributed by atoms with van der Waals surface area (Å²) in [5.41, 5.74) is 6.35. The van der Waals surface area contributed by atoms with E-state index >= 15 is 0 Å². The molecule has 3 N–H and O–H groups in total. The number of halogens is 1. The van der Waals surface area contributed by atoms with E-state index < -0.39 is 12.0 Å². The van der Waals surface area contributed by atoms with Crippen LogP contribution in [0.3, 0.4) is 0 Å². The highest BCUT2D eigenvalue weighted by Crippen LogP contribution is 2.37. The molecule has 0 saturated heterocycles. The minimum Gasteiger partial charge on any atom is -0.490 e. The maximum Gasteiger partial charge on any atom is 0.258 e. The van der Waals surface area contributed by atoms with Crippen LogP contribution in [0.25, 0.3) is 0 Å². The third-order valence-corrected chi connectivity index (χ3v) is 3.83. The first-order chi connectivity index (χ1) is 10.0. The van der Waals surface area contributed by atoms with Gasteiger partial charge in [-0.15, -0.1) is 0 Å². The lowest BCUT2D eigenvalue weighted by atomic mass is 10.2. The number of hydrogen-bond acceptors (Lipinski definition) is 4. The molecule has 116 valence electrons. The van der Waals surface area contributed by atoms with Crippen molar-refractivity contribution in [3.63, 3.8) is 0 Å². The monoisotopic (exact) mass is 356 g/mol. The molecule has 21 heavy (non-hydrogen) atoms. The van der Waals surface area contributed by atoms with Crippen LogP contribution in [0.5, 0.6) is 11.5 Å². The lowest BCUT2D eigenvalue weighted by Gasteiger charge is -2.18. The second-order valence-electron chi connectivity index (χ2n) is 5.16. The minimum atomic E-state index is -0.712. The molecule has 1 amide bonds. The quantitative estimate of drug-likeness (QED) is 0.749. The van der Waals surface area contributed by atoms with Crippen LogP contribution in [0.1, 0.15) is 32.3 Å². The second kappa shape index (κ2) is 7.13. The number of hydrogen-bond donors (Lipinski definition) is 2. The van der Waals surface area contributed by atoms with Gasteiger partial charge in [-0.25, -0.2) is 0 Å². The summed E-state index contributed by atoms with van der Waals surface area (Å²) in [4.78, 5) is 11.2. The van der Waals surface area contributed by atoms with E-state index in [1.165, 1.54) is 12.8 Å². The molecule has 1 aliphatic rings. The molecule has 1 fully saturated rings. The Balaban J connectivity index is 2.18. The van der Waals surface area contributed by atoms with Gasteiger partial charge in [0, 0.05) is 12.6 Å². The molecule has 0 heterocycles. The fraction of sp³-hybridized carbons (Fsp3) is 0.533. The van der Waals surface area contributed by atoms with Gasteiger partial charge < -0.3 is 20.5 Å². The van der Waals surface area contributed by atoms with Gasteiger partial charge in [-0.3, -0.25) is 4.79 Å². The molecule has 1 aromatic rings. The molecule has 2 rings (SSSR count). The highest BCUT2D eigenvalue weighted by Gasteiger charge is 2.21. The number of carbonyl (C=O) groups excluding carboxylic acids is 1. The largest absolute Gasteiger partial charge is 0.490 e. The molecule has 5 nitrogen and oxygen atoms in total. The van der Waals surface area contributed by atoms with Crippen molar-refractivity contribution in [1.29, 1.82) is 0 Å². The van der Waals surface area contributed by atoms with Crippen LogP contribution in [-0.2, 0) is 11.3 Å². The molecular formula is C15H21BrN2O3. The maximum absolute atomic E-state index is 11.2. The summed E-state index contributed by atoms with van der Waals surface area (Å²) in [6.07, 6.45) is 1.78. The van der Waals surface area contributed by atoms with Gasteiger partial charge in [0.25, 0.3) is 5.91 Å². The van der Waals surface area contributed by atoms with E-state index in [0.717, 1.165) is 16.6 Å². The molecule has 0 bridgehead atoms.